The van der Waals surface area contributed by atoms with Gasteiger partial charge in [0.25, 0.3) is 0 Å². The van der Waals surface area contributed by atoms with Crippen LogP contribution in [-0.2, 0) is 14.2 Å². The van der Waals surface area contributed by atoms with Gasteiger partial charge in [-0.1, -0.05) is 27.7 Å². The van der Waals surface area contributed by atoms with E-state index >= 15 is 0 Å². The molecule has 3 nitrogen and oxygen atoms in total. The van der Waals surface area contributed by atoms with E-state index in [9.17, 15) is 0 Å². The molecule has 0 bridgehead atoms. The molecule has 0 saturated carbocycles. The van der Waals surface area contributed by atoms with Crippen LogP contribution < -0.4 is 0 Å². The predicted molar refractivity (Wildman–Crippen MR) is 85.2 cm³/mol. The first kappa shape index (κ1) is 19.9. The Morgan fingerprint density at radius 3 is 1.10 bits per heavy atom. The molecule has 0 radical (unpaired) electrons. The van der Waals surface area contributed by atoms with Crippen molar-refractivity contribution in [3.63, 3.8) is 0 Å². The third kappa shape index (κ3) is 8.93. The van der Waals surface area contributed by atoms with E-state index in [4.69, 9.17) is 14.2 Å². The van der Waals surface area contributed by atoms with Crippen molar-refractivity contribution in [2.75, 3.05) is 19.8 Å². The Balaban J connectivity index is 4.40. The smallest absolute Gasteiger partial charge is 0.0567 e. The maximum atomic E-state index is 5.93. The molecular weight excluding hydrogens is 252 g/mol. The largest absolute Gasteiger partial charge is 0.378 e. The molecule has 3 heteroatoms. The van der Waals surface area contributed by atoms with Crippen LogP contribution in [0, 0.1) is 5.41 Å². The molecule has 20 heavy (non-hydrogen) atoms. The fourth-order valence-corrected chi connectivity index (χ4v) is 1.51. The molecule has 0 N–H and O–H groups in total. The summed E-state index contributed by atoms with van der Waals surface area (Å²) >= 11 is 0. The van der Waals surface area contributed by atoms with E-state index in [2.05, 4.69) is 48.5 Å². The second kappa shape index (κ2) is 10.6. The minimum Gasteiger partial charge on any atom is -0.378 e. The Kier molecular flexibility index (Phi) is 10.5. The van der Waals surface area contributed by atoms with Crippen LogP contribution in [-0.4, -0.2) is 38.1 Å². The highest BCUT2D eigenvalue weighted by atomic mass is 16.5. The molecule has 0 aromatic heterocycles. The minimum atomic E-state index is -0.0731. The van der Waals surface area contributed by atoms with Gasteiger partial charge in [0.1, 0.15) is 0 Å². The van der Waals surface area contributed by atoms with E-state index in [0.717, 1.165) is 19.3 Å². The lowest BCUT2D eigenvalue weighted by molar-refractivity contribution is -0.0999. The quantitative estimate of drug-likeness (QED) is 0.531. The van der Waals surface area contributed by atoms with Crippen molar-refractivity contribution in [2.45, 2.75) is 86.0 Å². The summed E-state index contributed by atoms with van der Waals surface area (Å²) in [5, 5.41) is 0. The normalized spacial score (nSPS) is 19.4. The molecule has 3 atom stereocenters. The SMILES string of the molecule is CCC(C)OCC(C)(COC(C)CC)COC(C)CC. The molecule has 0 aromatic rings. The Hall–Kier alpha value is -0.120. The van der Waals surface area contributed by atoms with E-state index in [-0.39, 0.29) is 5.41 Å². The summed E-state index contributed by atoms with van der Waals surface area (Å²) in [5.41, 5.74) is -0.0731. The van der Waals surface area contributed by atoms with Crippen LogP contribution in [0.3, 0.4) is 0 Å². The second-order valence-corrected chi connectivity index (χ2v) is 6.40. The van der Waals surface area contributed by atoms with Crippen LogP contribution in [0.1, 0.15) is 67.7 Å². The lowest BCUT2D eigenvalue weighted by Gasteiger charge is -2.32. The zero-order valence-corrected chi connectivity index (χ0v) is 14.7. The van der Waals surface area contributed by atoms with Gasteiger partial charge in [-0.05, 0) is 40.0 Å². The van der Waals surface area contributed by atoms with Crippen LogP contribution in [0.4, 0.5) is 0 Å². The zero-order valence-electron chi connectivity index (χ0n) is 14.7. The molecule has 0 rings (SSSR count). The Morgan fingerprint density at radius 2 is 0.900 bits per heavy atom. The van der Waals surface area contributed by atoms with Gasteiger partial charge in [0.2, 0.25) is 0 Å². The summed E-state index contributed by atoms with van der Waals surface area (Å²) in [6.45, 7) is 17.1. The van der Waals surface area contributed by atoms with Crippen molar-refractivity contribution >= 4 is 0 Å². The first-order valence-corrected chi connectivity index (χ1v) is 8.21. The summed E-state index contributed by atoms with van der Waals surface area (Å²) in [4.78, 5) is 0. The maximum absolute atomic E-state index is 5.93. The highest BCUT2D eigenvalue weighted by molar-refractivity contribution is 4.75. The molecule has 0 aliphatic rings. The minimum absolute atomic E-state index is 0.0731. The fourth-order valence-electron chi connectivity index (χ4n) is 1.51. The van der Waals surface area contributed by atoms with Crippen molar-refractivity contribution in [2.24, 2.45) is 5.41 Å². The number of rotatable bonds is 12. The highest BCUT2D eigenvalue weighted by Gasteiger charge is 2.28. The number of hydrogen-bond donors (Lipinski definition) is 0. The molecule has 122 valence electrons. The van der Waals surface area contributed by atoms with E-state index in [0.29, 0.717) is 38.1 Å². The lowest BCUT2D eigenvalue weighted by atomic mass is 9.93. The van der Waals surface area contributed by atoms with Crippen molar-refractivity contribution in [3.8, 4) is 0 Å². The van der Waals surface area contributed by atoms with E-state index in [1.807, 2.05) is 0 Å². The summed E-state index contributed by atoms with van der Waals surface area (Å²) in [6, 6.07) is 0. The Morgan fingerprint density at radius 1 is 0.650 bits per heavy atom. The van der Waals surface area contributed by atoms with Gasteiger partial charge < -0.3 is 14.2 Å². The third-order valence-electron chi connectivity index (χ3n) is 3.87. The van der Waals surface area contributed by atoms with Crippen molar-refractivity contribution in [3.05, 3.63) is 0 Å². The van der Waals surface area contributed by atoms with Gasteiger partial charge in [-0.3, -0.25) is 0 Å². The number of hydrogen-bond acceptors (Lipinski definition) is 3. The zero-order chi connectivity index (χ0) is 15.6. The van der Waals surface area contributed by atoms with E-state index < -0.39 is 0 Å². The van der Waals surface area contributed by atoms with E-state index in [1.165, 1.54) is 0 Å². The summed E-state index contributed by atoms with van der Waals surface area (Å²) < 4.78 is 17.8. The molecule has 0 fully saturated rings. The van der Waals surface area contributed by atoms with Crippen LogP contribution in [0.25, 0.3) is 0 Å². The van der Waals surface area contributed by atoms with Crippen LogP contribution in [0.5, 0.6) is 0 Å². The third-order valence-corrected chi connectivity index (χ3v) is 3.87. The topological polar surface area (TPSA) is 27.7 Å². The first-order valence-electron chi connectivity index (χ1n) is 8.21. The summed E-state index contributed by atoms with van der Waals surface area (Å²) in [5.74, 6) is 0. The molecular formula is C17H36O3. The van der Waals surface area contributed by atoms with Gasteiger partial charge in [-0.25, -0.2) is 0 Å². The van der Waals surface area contributed by atoms with E-state index in [1.54, 1.807) is 0 Å². The lowest BCUT2D eigenvalue weighted by Crippen LogP contribution is -2.37. The van der Waals surface area contributed by atoms with Gasteiger partial charge in [-0.2, -0.15) is 0 Å². The molecule has 3 unspecified atom stereocenters. The van der Waals surface area contributed by atoms with Gasteiger partial charge in [0.15, 0.2) is 0 Å². The van der Waals surface area contributed by atoms with Gasteiger partial charge in [-0.15, -0.1) is 0 Å². The summed E-state index contributed by atoms with van der Waals surface area (Å²) in [6.07, 6.45) is 3.99. The molecule has 0 heterocycles. The molecule has 0 saturated heterocycles. The van der Waals surface area contributed by atoms with Crippen molar-refractivity contribution in [1.29, 1.82) is 0 Å². The van der Waals surface area contributed by atoms with Crippen LogP contribution in [0.15, 0.2) is 0 Å². The summed E-state index contributed by atoms with van der Waals surface area (Å²) in [7, 11) is 0. The molecule has 0 aromatic carbocycles. The average Bonchev–Trinajstić information content (AvgIpc) is 2.47. The van der Waals surface area contributed by atoms with Crippen LogP contribution in [0.2, 0.25) is 0 Å². The fraction of sp³-hybridized carbons (Fsp3) is 1.00. The Labute approximate surface area is 126 Å². The second-order valence-electron chi connectivity index (χ2n) is 6.40. The standard InChI is InChI=1S/C17H36O3/c1-8-14(4)18-11-17(7,12-19-15(5)9-2)13-20-16(6)10-3/h14-16H,8-13H2,1-7H3. The predicted octanol–water partition coefficient (Wildman–Crippen LogP) is 4.44. The highest BCUT2D eigenvalue weighted by Crippen LogP contribution is 2.22. The molecule has 0 amide bonds. The van der Waals surface area contributed by atoms with Crippen molar-refractivity contribution in [1.82, 2.24) is 0 Å². The van der Waals surface area contributed by atoms with Gasteiger partial charge in [0.05, 0.1) is 38.1 Å². The molecule has 0 aliphatic heterocycles. The van der Waals surface area contributed by atoms with Crippen LogP contribution >= 0.6 is 0 Å². The Bertz CT molecular complexity index is 194. The maximum Gasteiger partial charge on any atom is 0.0567 e. The monoisotopic (exact) mass is 288 g/mol. The first-order chi connectivity index (χ1) is 9.36. The average molecular weight is 288 g/mol. The molecule has 0 aliphatic carbocycles. The van der Waals surface area contributed by atoms with Gasteiger partial charge >= 0.3 is 0 Å². The molecule has 0 spiro atoms. The van der Waals surface area contributed by atoms with Crippen molar-refractivity contribution < 1.29 is 14.2 Å². The van der Waals surface area contributed by atoms with Gasteiger partial charge in [0, 0.05) is 5.41 Å². The number of ether oxygens (including phenoxy) is 3.